The van der Waals surface area contributed by atoms with Gasteiger partial charge in [-0.25, -0.2) is 0 Å². The number of nitrogens with one attached hydrogen (secondary N) is 1. The molecule has 0 radical (unpaired) electrons. The second-order valence-electron chi connectivity index (χ2n) is 3.16. The van der Waals surface area contributed by atoms with Crippen LogP contribution in [0.3, 0.4) is 0 Å². The Hall–Kier alpha value is -1.00. The van der Waals surface area contributed by atoms with Gasteiger partial charge in [-0.15, -0.1) is 0 Å². The van der Waals surface area contributed by atoms with Gasteiger partial charge in [-0.2, -0.15) is 0 Å². The van der Waals surface area contributed by atoms with Crippen LogP contribution in [0.25, 0.3) is 11.0 Å². The van der Waals surface area contributed by atoms with E-state index in [2.05, 4.69) is 21.2 Å². The van der Waals surface area contributed by atoms with Gasteiger partial charge in [0.25, 0.3) is 0 Å². The van der Waals surface area contributed by atoms with Crippen molar-refractivity contribution >= 4 is 32.6 Å². The maximum Gasteiger partial charge on any atom is 0.136 e. The molecule has 0 fully saturated rings. The molecule has 0 aliphatic heterocycles. The molecule has 2 aromatic rings. The zero-order chi connectivity index (χ0) is 10.1. The molecule has 0 atom stereocenters. The number of nitrogen functional groups attached to an aromatic ring is 1. The Morgan fingerprint density at radius 2 is 2.29 bits per heavy atom. The second-order valence-corrected chi connectivity index (χ2v) is 4.02. The van der Waals surface area contributed by atoms with Gasteiger partial charge >= 0.3 is 0 Å². The highest BCUT2D eigenvalue weighted by Crippen LogP contribution is 2.29. The Morgan fingerprint density at radius 1 is 1.50 bits per heavy atom. The molecule has 0 aliphatic carbocycles. The van der Waals surface area contributed by atoms with Crippen LogP contribution in [0.2, 0.25) is 0 Å². The summed E-state index contributed by atoms with van der Waals surface area (Å²) in [5, 5.41) is 4.19. The standard InChI is InChI=1S/C10H11BrN2O/c1-13-4-6-5-14-10-3-9(12)8(11)2-7(6)10/h2-3,5,13H,4,12H2,1H3. The van der Waals surface area contributed by atoms with Crippen LogP contribution in [0.15, 0.2) is 27.3 Å². The van der Waals surface area contributed by atoms with E-state index < -0.39 is 0 Å². The molecule has 0 bridgehead atoms. The number of anilines is 1. The molecule has 14 heavy (non-hydrogen) atoms. The zero-order valence-electron chi connectivity index (χ0n) is 7.80. The molecule has 2 rings (SSSR count). The number of hydrogen-bond donors (Lipinski definition) is 2. The van der Waals surface area contributed by atoms with Gasteiger partial charge in [0, 0.05) is 33.7 Å². The van der Waals surface area contributed by atoms with E-state index in [1.165, 1.54) is 0 Å². The van der Waals surface area contributed by atoms with Crippen molar-refractivity contribution in [1.29, 1.82) is 0 Å². The van der Waals surface area contributed by atoms with Gasteiger partial charge in [0.1, 0.15) is 5.58 Å². The van der Waals surface area contributed by atoms with Gasteiger partial charge in [0.2, 0.25) is 0 Å². The monoisotopic (exact) mass is 254 g/mol. The molecule has 1 heterocycles. The number of halogens is 1. The molecule has 0 saturated carbocycles. The van der Waals surface area contributed by atoms with Gasteiger partial charge in [0.15, 0.2) is 0 Å². The van der Waals surface area contributed by atoms with E-state index in [4.69, 9.17) is 10.2 Å². The average Bonchev–Trinajstić information content (AvgIpc) is 2.51. The van der Waals surface area contributed by atoms with Crippen LogP contribution in [-0.2, 0) is 6.54 Å². The van der Waals surface area contributed by atoms with E-state index in [-0.39, 0.29) is 0 Å². The van der Waals surface area contributed by atoms with Gasteiger partial charge in [-0.3, -0.25) is 0 Å². The van der Waals surface area contributed by atoms with Crippen LogP contribution < -0.4 is 11.1 Å². The summed E-state index contributed by atoms with van der Waals surface area (Å²) >= 11 is 3.40. The molecular formula is C10H11BrN2O. The molecule has 0 amide bonds. The van der Waals surface area contributed by atoms with Crippen LogP contribution in [0.4, 0.5) is 5.69 Å². The Labute approximate surface area is 90.4 Å². The lowest BCUT2D eigenvalue weighted by Gasteiger charge is -1.99. The highest BCUT2D eigenvalue weighted by atomic mass is 79.9. The number of nitrogens with two attached hydrogens (primary N) is 1. The smallest absolute Gasteiger partial charge is 0.136 e. The fraction of sp³-hybridized carbons (Fsp3) is 0.200. The van der Waals surface area contributed by atoms with Crippen molar-refractivity contribution in [2.24, 2.45) is 0 Å². The maximum atomic E-state index is 5.75. The molecule has 1 aromatic heterocycles. The quantitative estimate of drug-likeness (QED) is 0.810. The third-order valence-electron chi connectivity index (χ3n) is 2.14. The Balaban J connectivity index is 2.61. The average molecular weight is 255 g/mol. The molecule has 3 nitrogen and oxygen atoms in total. The van der Waals surface area contributed by atoms with Crippen LogP contribution in [0, 0.1) is 0 Å². The summed E-state index contributed by atoms with van der Waals surface area (Å²) in [4.78, 5) is 0. The Morgan fingerprint density at radius 3 is 3.00 bits per heavy atom. The van der Waals surface area contributed by atoms with Gasteiger partial charge in [-0.1, -0.05) is 0 Å². The Bertz CT molecular complexity index is 464. The predicted molar refractivity (Wildman–Crippen MR) is 61.1 cm³/mol. The molecule has 3 N–H and O–H groups in total. The van der Waals surface area contributed by atoms with Crippen molar-refractivity contribution in [2.45, 2.75) is 6.54 Å². The van der Waals surface area contributed by atoms with Crippen LogP contribution in [0.1, 0.15) is 5.56 Å². The van der Waals surface area contributed by atoms with Crippen molar-refractivity contribution in [2.75, 3.05) is 12.8 Å². The second kappa shape index (κ2) is 3.63. The minimum absolute atomic E-state index is 0.697. The lowest BCUT2D eigenvalue weighted by molar-refractivity contribution is 0.607. The predicted octanol–water partition coefficient (Wildman–Crippen LogP) is 2.50. The summed E-state index contributed by atoms with van der Waals surface area (Å²) in [7, 11) is 1.91. The fourth-order valence-electron chi connectivity index (χ4n) is 1.44. The van der Waals surface area contributed by atoms with E-state index >= 15 is 0 Å². The zero-order valence-corrected chi connectivity index (χ0v) is 9.39. The van der Waals surface area contributed by atoms with Crippen LogP contribution >= 0.6 is 15.9 Å². The van der Waals surface area contributed by atoms with Crippen molar-refractivity contribution in [1.82, 2.24) is 5.32 Å². The first-order valence-corrected chi connectivity index (χ1v) is 5.11. The number of furan rings is 1. The van der Waals surface area contributed by atoms with E-state index in [1.54, 1.807) is 6.26 Å². The number of hydrogen-bond acceptors (Lipinski definition) is 3. The molecule has 0 aliphatic rings. The minimum Gasteiger partial charge on any atom is -0.464 e. The third-order valence-corrected chi connectivity index (χ3v) is 2.83. The van der Waals surface area contributed by atoms with E-state index in [1.807, 2.05) is 19.2 Å². The minimum atomic E-state index is 0.697. The number of fused-ring (bicyclic) bond motifs is 1. The molecule has 0 unspecified atom stereocenters. The molecule has 0 saturated heterocycles. The number of benzene rings is 1. The van der Waals surface area contributed by atoms with Gasteiger partial charge in [-0.05, 0) is 29.0 Å². The summed E-state index contributed by atoms with van der Waals surface area (Å²) in [6.07, 6.45) is 1.76. The molecular weight excluding hydrogens is 244 g/mol. The lowest BCUT2D eigenvalue weighted by Crippen LogP contribution is -2.03. The third kappa shape index (κ3) is 1.51. The van der Waals surface area contributed by atoms with Crippen molar-refractivity contribution in [3.63, 3.8) is 0 Å². The fourth-order valence-corrected chi connectivity index (χ4v) is 1.79. The van der Waals surface area contributed by atoms with Crippen molar-refractivity contribution in [3.05, 3.63) is 28.4 Å². The Kier molecular flexibility index (Phi) is 2.48. The largest absolute Gasteiger partial charge is 0.464 e. The highest BCUT2D eigenvalue weighted by molar-refractivity contribution is 9.10. The lowest BCUT2D eigenvalue weighted by atomic mass is 10.1. The first-order valence-electron chi connectivity index (χ1n) is 4.32. The molecule has 0 spiro atoms. The summed E-state index contributed by atoms with van der Waals surface area (Å²) in [6, 6.07) is 3.82. The van der Waals surface area contributed by atoms with Crippen molar-refractivity contribution < 1.29 is 4.42 Å². The molecule has 74 valence electrons. The highest BCUT2D eigenvalue weighted by Gasteiger charge is 2.07. The normalized spacial score (nSPS) is 11.0. The van der Waals surface area contributed by atoms with Crippen LogP contribution in [-0.4, -0.2) is 7.05 Å². The van der Waals surface area contributed by atoms with E-state index in [0.717, 1.165) is 27.6 Å². The summed E-state index contributed by atoms with van der Waals surface area (Å²) in [6.45, 7) is 0.795. The van der Waals surface area contributed by atoms with E-state index in [0.29, 0.717) is 5.69 Å². The summed E-state index contributed by atoms with van der Waals surface area (Å²) in [5.41, 5.74) is 8.42. The van der Waals surface area contributed by atoms with Gasteiger partial charge < -0.3 is 15.5 Å². The van der Waals surface area contributed by atoms with E-state index in [9.17, 15) is 0 Å². The van der Waals surface area contributed by atoms with Gasteiger partial charge in [0.05, 0.1) is 6.26 Å². The molecule has 4 heteroatoms. The summed E-state index contributed by atoms with van der Waals surface area (Å²) < 4.78 is 6.30. The first kappa shape index (κ1) is 9.55. The van der Waals surface area contributed by atoms with Crippen LogP contribution in [0.5, 0.6) is 0 Å². The first-order chi connectivity index (χ1) is 6.72. The maximum absolute atomic E-state index is 5.75. The topological polar surface area (TPSA) is 51.2 Å². The summed E-state index contributed by atoms with van der Waals surface area (Å²) in [5.74, 6) is 0. The van der Waals surface area contributed by atoms with Crippen molar-refractivity contribution in [3.8, 4) is 0 Å². The SMILES string of the molecule is CNCc1coc2cc(N)c(Br)cc12. The molecule has 1 aromatic carbocycles. The number of rotatable bonds is 2.